The van der Waals surface area contributed by atoms with Crippen LogP contribution in [-0.4, -0.2) is 26.2 Å². The van der Waals surface area contributed by atoms with Crippen molar-refractivity contribution in [3.05, 3.63) is 6.33 Å². The monoisotopic (exact) mass is 213 g/mol. The van der Waals surface area contributed by atoms with Gasteiger partial charge in [-0.2, -0.15) is 0 Å². The van der Waals surface area contributed by atoms with E-state index < -0.39 is 0 Å². The first-order valence-electron chi connectivity index (χ1n) is 4.83. The number of hydrogen-bond donors (Lipinski definition) is 2. The highest BCUT2D eigenvalue weighted by Crippen LogP contribution is 2.31. The molecule has 2 rings (SSSR count). The fourth-order valence-corrected chi connectivity index (χ4v) is 2.74. The minimum Gasteiger partial charge on any atom is -0.336 e. The number of nitrogens with zero attached hydrogens (tertiary/aromatic N) is 3. The molecule has 1 aromatic rings. The molecule has 0 bridgehead atoms. The summed E-state index contributed by atoms with van der Waals surface area (Å²) in [5.74, 6) is 5.63. The lowest BCUT2D eigenvalue weighted by molar-refractivity contribution is 0.450. The molecule has 0 aliphatic heterocycles. The zero-order valence-electron chi connectivity index (χ0n) is 7.97. The number of hydrogen-bond acceptors (Lipinski definition) is 5. The van der Waals surface area contributed by atoms with Gasteiger partial charge in [-0.1, -0.05) is 11.8 Å². The molecule has 0 saturated heterocycles. The Bertz CT molecular complexity index is 292. The maximum atomic E-state index is 5.83. The summed E-state index contributed by atoms with van der Waals surface area (Å²) in [6, 6.07) is 0.391. The summed E-state index contributed by atoms with van der Waals surface area (Å²) in [6.07, 6.45) is 6.04. The van der Waals surface area contributed by atoms with Gasteiger partial charge in [0.05, 0.1) is 0 Å². The lowest BCUT2D eigenvalue weighted by Crippen LogP contribution is -2.27. The second-order valence-electron chi connectivity index (χ2n) is 3.68. The zero-order valence-corrected chi connectivity index (χ0v) is 8.78. The third-order valence-corrected chi connectivity index (χ3v) is 3.84. The highest BCUT2D eigenvalue weighted by Gasteiger charge is 2.20. The molecule has 0 radical (unpaired) electrons. The SMILES string of the molecule is NC1CCC(Sc2nncn2N)CC1. The first-order valence-corrected chi connectivity index (χ1v) is 5.71. The van der Waals surface area contributed by atoms with E-state index in [0.29, 0.717) is 11.3 Å². The maximum absolute atomic E-state index is 5.83. The molecule has 0 spiro atoms. The molecule has 1 heterocycles. The van der Waals surface area contributed by atoms with E-state index in [2.05, 4.69) is 10.2 Å². The third-order valence-electron chi connectivity index (χ3n) is 2.53. The molecule has 1 fully saturated rings. The topological polar surface area (TPSA) is 82.8 Å². The first-order chi connectivity index (χ1) is 6.75. The van der Waals surface area contributed by atoms with Crippen molar-refractivity contribution in [3.8, 4) is 0 Å². The molecule has 78 valence electrons. The minimum absolute atomic E-state index is 0.391. The molecule has 6 heteroatoms. The van der Waals surface area contributed by atoms with Gasteiger partial charge in [0, 0.05) is 11.3 Å². The van der Waals surface area contributed by atoms with Crippen molar-refractivity contribution in [3.63, 3.8) is 0 Å². The smallest absolute Gasteiger partial charge is 0.209 e. The van der Waals surface area contributed by atoms with Gasteiger partial charge in [-0.15, -0.1) is 10.2 Å². The van der Waals surface area contributed by atoms with Crippen LogP contribution in [-0.2, 0) is 0 Å². The molecule has 0 amide bonds. The molecule has 1 aliphatic carbocycles. The van der Waals surface area contributed by atoms with E-state index >= 15 is 0 Å². The molecule has 0 unspecified atom stereocenters. The van der Waals surface area contributed by atoms with Crippen molar-refractivity contribution in [2.24, 2.45) is 5.73 Å². The zero-order chi connectivity index (χ0) is 9.97. The predicted molar refractivity (Wildman–Crippen MR) is 56.3 cm³/mol. The van der Waals surface area contributed by atoms with E-state index in [0.717, 1.165) is 30.8 Å². The van der Waals surface area contributed by atoms with Gasteiger partial charge in [-0.3, -0.25) is 0 Å². The van der Waals surface area contributed by atoms with E-state index in [4.69, 9.17) is 11.6 Å². The van der Waals surface area contributed by atoms with Crippen LogP contribution >= 0.6 is 11.8 Å². The predicted octanol–water partition coefficient (Wildman–Crippen LogP) is 0.354. The van der Waals surface area contributed by atoms with Crippen molar-refractivity contribution >= 4 is 11.8 Å². The van der Waals surface area contributed by atoms with Crippen LogP contribution in [0.25, 0.3) is 0 Å². The number of nitrogen functional groups attached to an aromatic ring is 1. The van der Waals surface area contributed by atoms with E-state index in [1.807, 2.05) is 0 Å². The molecule has 0 aromatic carbocycles. The Balaban J connectivity index is 1.89. The van der Waals surface area contributed by atoms with Crippen LogP contribution in [0.5, 0.6) is 0 Å². The fourth-order valence-electron chi connectivity index (χ4n) is 1.67. The van der Waals surface area contributed by atoms with Crippen LogP contribution in [0, 0.1) is 0 Å². The normalized spacial score (nSPS) is 27.8. The Kier molecular flexibility index (Phi) is 2.93. The van der Waals surface area contributed by atoms with E-state index in [-0.39, 0.29) is 0 Å². The van der Waals surface area contributed by atoms with E-state index in [9.17, 15) is 0 Å². The Labute approximate surface area is 87.2 Å². The summed E-state index contributed by atoms with van der Waals surface area (Å²) in [6.45, 7) is 0. The summed E-state index contributed by atoms with van der Waals surface area (Å²) in [5.41, 5.74) is 5.83. The highest BCUT2D eigenvalue weighted by molar-refractivity contribution is 7.99. The van der Waals surface area contributed by atoms with Crippen molar-refractivity contribution in [2.45, 2.75) is 42.1 Å². The van der Waals surface area contributed by atoms with E-state index in [1.54, 1.807) is 11.8 Å². The van der Waals surface area contributed by atoms with Crippen LogP contribution in [0.4, 0.5) is 0 Å². The summed E-state index contributed by atoms with van der Waals surface area (Å²) in [7, 11) is 0. The van der Waals surface area contributed by atoms with Gasteiger partial charge in [0.25, 0.3) is 0 Å². The van der Waals surface area contributed by atoms with Crippen LogP contribution < -0.4 is 11.6 Å². The summed E-state index contributed by atoms with van der Waals surface area (Å²) in [4.78, 5) is 0. The molecule has 5 nitrogen and oxygen atoms in total. The highest BCUT2D eigenvalue weighted by atomic mass is 32.2. The average Bonchev–Trinajstić information content (AvgIpc) is 2.56. The molecule has 14 heavy (non-hydrogen) atoms. The van der Waals surface area contributed by atoms with Crippen LogP contribution in [0.3, 0.4) is 0 Å². The maximum Gasteiger partial charge on any atom is 0.209 e. The van der Waals surface area contributed by atoms with Gasteiger partial charge >= 0.3 is 0 Å². The number of nitrogens with two attached hydrogens (primary N) is 2. The largest absolute Gasteiger partial charge is 0.336 e. The molecule has 1 aromatic heterocycles. The van der Waals surface area contributed by atoms with Crippen molar-refractivity contribution in [1.29, 1.82) is 0 Å². The molecule has 1 saturated carbocycles. The number of thioether (sulfide) groups is 1. The summed E-state index contributed by atoms with van der Waals surface area (Å²) < 4.78 is 1.47. The molecule has 1 aliphatic rings. The van der Waals surface area contributed by atoms with Gasteiger partial charge < -0.3 is 11.6 Å². The van der Waals surface area contributed by atoms with E-state index in [1.165, 1.54) is 11.0 Å². The van der Waals surface area contributed by atoms with Gasteiger partial charge in [-0.25, -0.2) is 4.68 Å². The van der Waals surface area contributed by atoms with Crippen LogP contribution in [0.2, 0.25) is 0 Å². The lowest BCUT2D eigenvalue weighted by Gasteiger charge is -2.24. The van der Waals surface area contributed by atoms with Gasteiger partial charge in [0.2, 0.25) is 5.16 Å². The first kappa shape index (κ1) is 9.79. The second kappa shape index (κ2) is 4.18. The van der Waals surface area contributed by atoms with Gasteiger partial charge in [0.1, 0.15) is 6.33 Å². The Morgan fingerprint density at radius 1 is 1.36 bits per heavy atom. The summed E-state index contributed by atoms with van der Waals surface area (Å²) >= 11 is 1.71. The third kappa shape index (κ3) is 2.19. The minimum atomic E-state index is 0.391. The average molecular weight is 213 g/mol. The van der Waals surface area contributed by atoms with Crippen molar-refractivity contribution in [2.75, 3.05) is 5.84 Å². The quantitative estimate of drug-likeness (QED) is 0.693. The molecule has 0 atom stereocenters. The van der Waals surface area contributed by atoms with Crippen LogP contribution in [0.1, 0.15) is 25.7 Å². The van der Waals surface area contributed by atoms with Crippen LogP contribution in [0.15, 0.2) is 11.5 Å². The fraction of sp³-hybridized carbons (Fsp3) is 0.750. The second-order valence-corrected chi connectivity index (χ2v) is 4.94. The van der Waals surface area contributed by atoms with Crippen molar-refractivity contribution in [1.82, 2.24) is 14.9 Å². The lowest BCUT2D eigenvalue weighted by atomic mass is 9.96. The van der Waals surface area contributed by atoms with Gasteiger partial charge in [-0.05, 0) is 25.7 Å². The van der Waals surface area contributed by atoms with Gasteiger partial charge in [0.15, 0.2) is 0 Å². The summed E-state index contributed by atoms with van der Waals surface area (Å²) in [5, 5.41) is 9.09. The number of rotatable bonds is 2. The molecular formula is C8H15N5S. The molecule has 4 N–H and O–H groups in total. The Morgan fingerprint density at radius 2 is 2.07 bits per heavy atom. The number of aromatic nitrogens is 3. The molecular weight excluding hydrogens is 198 g/mol. The standard InChI is InChI=1S/C8H15N5S/c9-6-1-3-7(4-2-6)14-8-12-11-5-13(8)10/h5-7H,1-4,9-10H2. The Morgan fingerprint density at radius 3 is 2.64 bits per heavy atom. The van der Waals surface area contributed by atoms with Crippen molar-refractivity contribution < 1.29 is 0 Å². The Hall–Kier alpha value is -0.750.